The Morgan fingerprint density at radius 2 is 1.94 bits per heavy atom. The molecule has 0 saturated heterocycles. The summed E-state index contributed by atoms with van der Waals surface area (Å²) in [6, 6.07) is 13.1. The minimum Gasteiger partial charge on any atom is -0.494 e. The largest absolute Gasteiger partial charge is 0.494 e. The Balaban J connectivity index is 1.80. The van der Waals surface area contributed by atoms with Crippen LogP contribution in [0.1, 0.15) is 36.5 Å². The van der Waals surface area contributed by atoms with E-state index in [1.165, 1.54) is 36.9 Å². The number of rotatable bonds is 12. The van der Waals surface area contributed by atoms with Crippen LogP contribution in [0.2, 0.25) is 0 Å². The Morgan fingerprint density at radius 3 is 2.62 bits per heavy atom. The lowest BCUT2D eigenvalue weighted by molar-refractivity contribution is -0.384. The normalized spacial score (nSPS) is 10.6. The summed E-state index contributed by atoms with van der Waals surface area (Å²) in [5, 5.41) is 22.9. The number of ether oxygens (including phenoxy) is 1. The third kappa shape index (κ3) is 6.64. The highest BCUT2D eigenvalue weighted by Gasteiger charge is 2.18. The van der Waals surface area contributed by atoms with Gasteiger partial charge >= 0.3 is 0 Å². The molecule has 2 aromatic carbocycles. The standard InChI is InChI=1S/C23H25N5O5S/c1-3-33-20-11-9-18(10-12-20)27-22(8-5-13-24-16(2)29)25-26-23(27)34-15-21(30)17-6-4-7-19(14-17)28(31)32/h4,6-7,9-12,14H,3,5,8,13,15H2,1-2H3,(H,24,29). The maximum Gasteiger partial charge on any atom is 0.270 e. The minimum atomic E-state index is -0.528. The van der Waals surface area contributed by atoms with Crippen molar-refractivity contribution in [2.45, 2.75) is 31.8 Å². The zero-order valence-corrected chi connectivity index (χ0v) is 19.7. The Labute approximate surface area is 200 Å². The molecule has 0 aliphatic rings. The molecule has 178 valence electrons. The van der Waals surface area contributed by atoms with Gasteiger partial charge < -0.3 is 10.1 Å². The van der Waals surface area contributed by atoms with E-state index in [0.29, 0.717) is 37.0 Å². The second-order valence-corrected chi connectivity index (χ2v) is 8.21. The highest BCUT2D eigenvalue weighted by Crippen LogP contribution is 2.25. The number of nitro groups is 1. The molecule has 1 heterocycles. The quantitative estimate of drug-likeness (QED) is 0.136. The second kappa shape index (κ2) is 11.9. The van der Waals surface area contributed by atoms with Crippen LogP contribution in [0, 0.1) is 10.1 Å². The molecule has 0 bridgehead atoms. The number of nitrogens with zero attached hydrogens (tertiary/aromatic N) is 4. The smallest absolute Gasteiger partial charge is 0.270 e. The van der Waals surface area contributed by atoms with Crippen molar-refractivity contribution in [2.24, 2.45) is 0 Å². The summed E-state index contributed by atoms with van der Waals surface area (Å²) in [4.78, 5) is 34.3. The van der Waals surface area contributed by atoms with Crippen LogP contribution in [0.15, 0.2) is 53.7 Å². The van der Waals surface area contributed by atoms with Crippen molar-refractivity contribution in [3.8, 4) is 11.4 Å². The lowest BCUT2D eigenvalue weighted by Gasteiger charge is -2.11. The fraction of sp³-hybridized carbons (Fsp3) is 0.304. The molecule has 0 fully saturated rings. The molecule has 11 heteroatoms. The maximum absolute atomic E-state index is 12.7. The molecule has 34 heavy (non-hydrogen) atoms. The molecule has 0 radical (unpaired) electrons. The van der Waals surface area contributed by atoms with Crippen LogP contribution in [0.3, 0.4) is 0 Å². The predicted octanol–water partition coefficient (Wildman–Crippen LogP) is 3.62. The maximum atomic E-state index is 12.7. The molecule has 1 N–H and O–H groups in total. The van der Waals surface area contributed by atoms with Gasteiger partial charge in [-0.25, -0.2) is 0 Å². The first-order valence-electron chi connectivity index (χ1n) is 10.7. The van der Waals surface area contributed by atoms with Gasteiger partial charge in [-0.05, 0) is 37.6 Å². The average Bonchev–Trinajstić information content (AvgIpc) is 3.23. The number of aromatic nitrogens is 3. The summed E-state index contributed by atoms with van der Waals surface area (Å²) in [6.07, 6.45) is 1.24. The first-order valence-corrected chi connectivity index (χ1v) is 11.7. The third-order valence-electron chi connectivity index (χ3n) is 4.77. The second-order valence-electron chi connectivity index (χ2n) is 7.27. The van der Waals surface area contributed by atoms with Gasteiger partial charge in [0.05, 0.1) is 17.3 Å². The number of nitro benzene ring substituents is 1. The molecule has 1 aromatic heterocycles. The fourth-order valence-corrected chi connectivity index (χ4v) is 4.06. The molecular formula is C23H25N5O5S. The van der Waals surface area contributed by atoms with E-state index in [1.807, 2.05) is 35.8 Å². The van der Waals surface area contributed by atoms with Crippen LogP contribution in [0.5, 0.6) is 5.75 Å². The number of Topliss-reactive ketones (excluding diaryl/α,β-unsaturated/α-hetero) is 1. The van der Waals surface area contributed by atoms with E-state index in [0.717, 1.165) is 11.4 Å². The van der Waals surface area contributed by atoms with Crippen LogP contribution in [0.25, 0.3) is 5.69 Å². The van der Waals surface area contributed by atoms with Crippen molar-refractivity contribution in [3.63, 3.8) is 0 Å². The van der Waals surface area contributed by atoms with Crippen molar-refractivity contribution >= 4 is 29.1 Å². The Hall–Kier alpha value is -3.73. The van der Waals surface area contributed by atoms with E-state index in [-0.39, 0.29) is 28.7 Å². The number of thioether (sulfide) groups is 1. The highest BCUT2D eigenvalue weighted by atomic mass is 32.2. The molecule has 3 aromatic rings. The molecule has 0 unspecified atom stereocenters. The monoisotopic (exact) mass is 483 g/mol. The van der Waals surface area contributed by atoms with Crippen molar-refractivity contribution in [3.05, 3.63) is 70.0 Å². The summed E-state index contributed by atoms with van der Waals surface area (Å²) >= 11 is 1.21. The number of ketones is 1. The van der Waals surface area contributed by atoms with Gasteiger partial charge in [0.25, 0.3) is 5.69 Å². The Kier molecular flexibility index (Phi) is 8.74. The lowest BCUT2D eigenvalue weighted by atomic mass is 10.1. The summed E-state index contributed by atoms with van der Waals surface area (Å²) < 4.78 is 7.39. The lowest BCUT2D eigenvalue weighted by Crippen LogP contribution is -2.21. The van der Waals surface area contributed by atoms with E-state index in [1.54, 1.807) is 6.07 Å². The number of hydrogen-bond acceptors (Lipinski definition) is 8. The zero-order chi connectivity index (χ0) is 24.5. The molecule has 0 aliphatic carbocycles. The van der Waals surface area contributed by atoms with Crippen molar-refractivity contribution in [2.75, 3.05) is 18.9 Å². The molecule has 1 amide bonds. The topological polar surface area (TPSA) is 129 Å². The number of non-ortho nitro benzene ring substituents is 1. The van der Waals surface area contributed by atoms with Crippen LogP contribution >= 0.6 is 11.8 Å². The molecular weight excluding hydrogens is 458 g/mol. The molecule has 0 atom stereocenters. The molecule has 0 spiro atoms. The number of nitrogens with one attached hydrogen (secondary N) is 1. The van der Waals surface area contributed by atoms with E-state index in [4.69, 9.17) is 4.74 Å². The molecule has 3 rings (SSSR count). The number of aryl methyl sites for hydroxylation is 1. The minimum absolute atomic E-state index is 0.0439. The first kappa shape index (κ1) is 24.9. The zero-order valence-electron chi connectivity index (χ0n) is 18.9. The Bertz CT molecular complexity index is 1160. The van der Waals surface area contributed by atoms with Crippen molar-refractivity contribution < 1.29 is 19.2 Å². The predicted molar refractivity (Wildman–Crippen MR) is 128 cm³/mol. The first-order chi connectivity index (χ1) is 16.4. The van der Waals surface area contributed by atoms with E-state index >= 15 is 0 Å². The van der Waals surface area contributed by atoms with Crippen molar-refractivity contribution in [1.29, 1.82) is 0 Å². The summed E-state index contributed by atoms with van der Waals surface area (Å²) in [7, 11) is 0. The Morgan fingerprint density at radius 1 is 1.18 bits per heavy atom. The van der Waals surface area contributed by atoms with Gasteiger partial charge in [0.15, 0.2) is 10.9 Å². The van der Waals surface area contributed by atoms with Gasteiger partial charge in [-0.1, -0.05) is 23.9 Å². The van der Waals surface area contributed by atoms with E-state index < -0.39 is 4.92 Å². The molecule has 0 aliphatic heterocycles. The average molecular weight is 484 g/mol. The number of hydrogen-bond donors (Lipinski definition) is 1. The highest BCUT2D eigenvalue weighted by molar-refractivity contribution is 7.99. The van der Waals surface area contributed by atoms with Crippen LogP contribution in [-0.4, -0.2) is 50.3 Å². The van der Waals surface area contributed by atoms with Gasteiger partial charge in [-0.15, -0.1) is 10.2 Å². The number of carbonyl (C=O) groups excluding carboxylic acids is 2. The van der Waals surface area contributed by atoms with Gasteiger partial charge in [-0.2, -0.15) is 0 Å². The van der Waals surface area contributed by atoms with E-state index in [9.17, 15) is 19.7 Å². The summed E-state index contributed by atoms with van der Waals surface area (Å²) in [6.45, 7) is 4.45. The van der Waals surface area contributed by atoms with Crippen LogP contribution < -0.4 is 10.1 Å². The van der Waals surface area contributed by atoms with Crippen molar-refractivity contribution in [1.82, 2.24) is 20.1 Å². The van der Waals surface area contributed by atoms with Gasteiger partial charge in [0.1, 0.15) is 11.6 Å². The molecule has 10 nitrogen and oxygen atoms in total. The van der Waals surface area contributed by atoms with Crippen LogP contribution in [-0.2, 0) is 11.2 Å². The SMILES string of the molecule is CCOc1ccc(-n2c(CCCNC(C)=O)nnc2SCC(=O)c2cccc([N+](=O)[O-])c2)cc1. The van der Waals surface area contributed by atoms with E-state index in [2.05, 4.69) is 15.5 Å². The van der Waals surface area contributed by atoms with Gasteiger partial charge in [0, 0.05) is 43.3 Å². The van der Waals surface area contributed by atoms with Gasteiger partial charge in [0.2, 0.25) is 5.91 Å². The summed E-state index contributed by atoms with van der Waals surface area (Å²) in [5.74, 6) is 1.13. The summed E-state index contributed by atoms with van der Waals surface area (Å²) in [5.41, 5.74) is 0.951. The number of carbonyl (C=O) groups is 2. The number of benzene rings is 2. The third-order valence-corrected chi connectivity index (χ3v) is 5.70. The van der Waals surface area contributed by atoms with Crippen LogP contribution in [0.4, 0.5) is 5.69 Å². The number of amides is 1. The van der Waals surface area contributed by atoms with Gasteiger partial charge in [-0.3, -0.25) is 24.3 Å². The fourth-order valence-electron chi connectivity index (χ4n) is 3.19. The molecule has 0 saturated carbocycles.